The van der Waals surface area contributed by atoms with Crippen molar-refractivity contribution >= 4 is 68.8 Å². The molecule has 2 aliphatic heterocycles. The second kappa shape index (κ2) is 12.4. The number of anilines is 6. The van der Waals surface area contributed by atoms with Crippen molar-refractivity contribution in [2.45, 2.75) is 85.5 Å². The van der Waals surface area contributed by atoms with Crippen LogP contribution < -0.4 is 26.2 Å². The van der Waals surface area contributed by atoms with Crippen LogP contribution in [0.1, 0.15) is 84.6 Å². The molecule has 0 bridgehead atoms. The van der Waals surface area contributed by atoms with Crippen LogP contribution in [0.25, 0.3) is 11.1 Å². The number of aryl methyl sites for hydroxylation is 1. The predicted octanol–water partition coefficient (Wildman–Crippen LogP) is 12.3. The topological polar surface area (TPSA) is 6.48 Å². The van der Waals surface area contributed by atoms with Gasteiger partial charge in [0.05, 0.1) is 5.69 Å². The molecule has 8 rings (SSSR count). The van der Waals surface area contributed by atoms with Gasteiger partial charge in [-0.05, 0) is 128 Å². The maximum atomic E-state index is 6.50. The number of rotatable bonds is 3. The summed E-state index contributed by atoms with van der Waals surface area (Å²) in [5, 5.41) is 0.736. The standard InChI is InChI=1S/C49H50BClN2/c1-31-26-44-46-45(27-31)53(41-23-16-33(47(2,3)4)28-38(41)32-14-12-11-13-15-32)43-25-18-35(49(8,9)10)30-40(43)50(46)39-29-34(48(5,6)7)17-24-42(39)52(44)37-21-19-36(51)20-22-37/h11-30H,1-10H3. The summed E-state index contributed by atoms with van der Waals surface area (Å²) in [5.74, 6) is 0. The van der Waals surface area contributed by atoms with Crippen LogP contribution in [0.3, 0.4) is 0 Å². The van der Waals surface area contributed by atoms with Crippen LogP contribution in [0.15, 0.2) is 121 Å². The molecule has 6 aromatic carbocycles. The van der Waals surface area contributed by atoms with E-state index in [-0.39, 0.29) is 23.0 Å². The van der Waals surface area contributed by atoms with E-state index in [0.29, 0.717) is 0 Å². The molecule has 0 unspecified atom stereocenters. The average molecular weight is 713 g/mol. The van der Waals surface area contributed by atoms with Crippen LogP contribution in [-0.2, 0) is 16.2 Å². The van der Waals surface area contributed by atoms with Gasteiger partial charge in [-0.2, -0.15) is 0 Å². The Morgan fingerprint density at radius 3 is 1.47 bits per heavy atom. The highest BCUT2D eigenvalue weighted by Crippen LogP contribution is 2.48. The van der Waals surface area contributed by atoms with Gasteiger partial charge in [-0.3, -0.25) is 0 Å². The van der Waals surface area contributed by atoms with E-state index >= 15 is 0 Å². The lowest BCUT2D eigenvalue weighted by Gasteiger charge is -2.45. The first kappa shape index (κ1) is 35.3. The normalized spacial score (nSPS) is 13.8. The fraction of sp³-hybridized carbons (Fsp3) is 0.265. The van der Waals surface area contributed by atoms with Crippen molar-refractivity contribution in [3.63, 3.8) is 0 Å². The van der Waals surface area contributed by atoms with Crippen molar-refractivity contribution in [2.24, 2.45) is 0 Å². The summed E-state index contributed by atoms with van der Waals surface area (Å²) in [6.45, 7) is 23.1. The molecule has 0 saturated heterocycles. The Kier molecular flexibility index (Phi) is 8.28. The fourth-order valence-corrected chi connectivity index (χ4v) is 8.38. The van der Waals surface area contributed by atoms with Crippen molar-refractivity contribution in [1.82, 2.24) is 0 Å². The summed E-state index contributed by atoms with van der Waals surface area (Å²) in [5.41, 5.74) is 18.9. The van der Waals surface area contributed by atoms with Gasteiger partial charge < -0.3 is 9.80 Å². The molecule has 0 saturated carbocycles. The van der Waals surface area contributed by atoms with Crippen molar-refractivity contribution in [1.29, 1.82) is 0 Å². The van der Waals surface area contributed by atoms with E-state index in [1.54, 1.807) is 0 Å². The van der Waals surface area contributed by atoms with E-state index in [1.165, 1.54) is 78.2 Å². The molecular formula is C49H50BClN2. The zero-order valence-electron chi connectivity index (χ0n) is 32.9. The Morgan fingerprint density at radius 1 is 0.472 bits per heavy atom. The van der Waals surface area contributed by atoms with Crippen LogP contribution >= 0.6 is 11.6 Å². The molecule has 0 radical (unpaired) electrons. The van der Waals surface area contributed by atoms with Crippen LogP contribution in [0.2, 0.25) is 5.02 Å². The Morgan fingerprint density at radius 2 is 0.943 bits per heavy atom. The van der Waals surface area contributed by atoms with E-state index in [9.17, 15) is 0 Å². The molecule has 2 nitrogen and oxygen atoms in total. The highest BCUT2D eigenvalue weighted by Gasteiger charge is 2.44. The van der Waals surface area contributed by atoms with E-state index < -0.39 is 0 Å². The van der Waals surface area contributed by atoms with Crippen molar-refractivity contribution in [2.75, 3.05) is 9.80 Å². The summed E-state index contributed by atoms with van der Waals surface area (Å²) in [4.78, 5) is 5.04. The Hall–Kier alpha value is -4.73. The molecule has 4 heteroatoms. The van der Waals surface area contributed by atoms with Crippen molar-refractivity contribution in [3.8, 4) is 11.1 Å². The summed E-state index contributed by atoms with van der Waals surface area (Å²) in [6, 6.07) is 45.6. The van der Waals surface area contributed by atoms with Gasteiger partial charge in [0.25, 0.3) is 6.71 Å². The maximum Gasteiger partial charge on any atom is 0.252 e. The fourth-order valence-electron chi connectivity index (χ4n) is 8.25. The summed E-state index contributed by atoms with van der Waals surface area (Å²) in [6.07, 6.45) is 0. The molecule has 0 aromatic heterocycles. The van der Waals surface area contributed by atoms with Gasteiger partial charge in [0.2, 0.25) is 0 Å². The number of halogens is 1. The Balaban J connectivity index is 1.51. The van der Waals surface area contributed by atoms with Crippen molar-refractivity contribution < 1.29 is 0 Å². The first-order valence-corrected chi connectivity index (χ1v) is 19.4. The first-order valence-electron chi connectivity index (χ1n) is 19.0. The van der Waals surface area contributed by atoms with Gasteiger partial charge in [0.15, 0.2) is 0 Å². The van der Waals surface area contributed by atoms with Gasteiger partial charge in [0.1, 0.15) is 0 Å². The molecule has 0 amide bonds. The molecule has 0 fully saturated rings. The third-order valence-corrected chi connectivity index (χ3v) is 11.5. The zero-order chi connectivity index (χ0) is 37.6. The van der Waals surface area contributed by atoms with Crippen LogP contribution in [-0.4, -0.2) is 6.71 Å². The van der Waals surface area contributed by atoms with Gasteiger partial charge >= 0.3 is 0 Å². The van der Waals surface area contributed by atoms with E-state index in [1.807, 2.05) is 12.1 Å². The van der Waals surface area contributed by atoms with Gasteiger partial charge in [-0.25, -0.2) is 0 Å². The monoisotopic (exact) mass is 712 g/mol. The van der Waals surface area contributed by atoms with Gasteiger partial charge in [0, 0.05) is 39.0 Å². The lowest BCUT2D eigenvalue weighted by Crippen LogP contribution is -2.61. The van der Waals surface area contributed by atoms with Crippen LogP contribution in [0, 0.1) is 6.92 Å². The lowest BCUT2D eigenvalue weighted by atomic mass is 9.33. The summed E-state index contributed by atoms with van der Waals surface area (Å²) in [7, 11) is 0. The quantitative estimate of drug-likeness (QED) is 0.168. The second-order valence-corrected chi connectivity index (χ2v) is 18.6. The van der Waals surface area contributed by atoms with Crippen molar-refractivity contribution in [3.05, 3.63) is 149 Å². The minimum absolute atomic E-state index is 0.00459. The maximum absolute atomic E-state index is 6.50. The molecule has 0 atom stereocenters. The number of benzene rings is 6. The molecule has 2 aliphatic rings. The smallest absolute Gasteiger partial charge is 0.252 e. The van der Waals surface area contributed by atoms with E-state index in [0.717, 1.165) is 10.7 Å². The molecule has 0 aliphatic carbocycles. The molecule has 53 heavy (non-hydrogen) atoms. The highest BCUT2D eigenvalue weighted by molar-refractivity contribution is 7.00. The lowest BCUT2D eigenvalue weighted by molar-refractivity contribution is 0.590. The minimum atomic E-state index is -0.0140. The number of hydrogen-bond acceptors (Lipinski definition) is 2. The number of nitrogens with zero attached hydrogens (tertiary/aromatic N) is 2. The third kappa shape index (κ3) is 6.08. The summed E-state index contributed by atoms with van der Waals surface area (Å²) >= 11 is 6.50. The molecule has 0 spiro atoms. The third-order valence-electron chi connectivity index (χ3n) is 11.2. The van der Waals surface area contributed by atoms with Gasteiger partial charge in [-0.1, -0.05) is 135 Å². The van der Waals surface area contributed by atoms with Crippen LogP contribution in [0.4, 0.5) is 34.1 Å². The number of hydrogen-bond donors (Lipinski definition) is 0. The Bertz CT molecular complexity index is 2370. The summed E-state index contributed by atoms with van der Waals surface area (Å²) < 4.78 is 0. The second-order valence-electron chi connectivity index (χ2n) is 18.2. The molecule has 6 aromatic rings. The Labute approximate surface area is 322 Å². The molecular weight excluding hydrogens is 663 g/mol. The zero-order valence-corrected chi connectivity index (χ0v) is 33.7. The van der Waals surface area contributed by atoms with Gasteiger partial charge in [-0.15, -0.1) is 0 Å². The molecule has 2 heterocycles. The molecule has 0 N–H and O–H groups in total. The highest BCUT2D eigenvalue weighted by atomic mass is 35.5. The van der Waals surface area contributed by atoms with E-state index in [2.05, 4.69) is 188 Å². The van der Waals surface area contributed by atoms with Crippen LogP contribution in [0.5, 0.6) is 0 Å². The largest absolute Gasteiger partial charge is 0.311 e. The SMILES string of the molecule is Cc1cc2c3c(c1)N(c1ccc(C(C)(C)C)cc1-c1ccccc1)c1ccc(C(C)(C)C)cc1B3c1cc(C(C)(C)C)ccc1N2c1ccc(Cl)cc1. The molecule has 266 valence electrons. The first-order chi connectivity index (χ1) is 25.0. The average Bonchev–Trinajstić information content (AvgIpc) is 3.10. The predicted molar refractivity (Wildman–Crippen MR) is 232 cm³/mol. The van der Waals surface area contributed by atoms with E-state index in [4.69, 9.17) is 11.6 Å². The number of fused-ring (bicyclic) bond motifs is 4. The minimum Gasteiger partial charge on any atom is -0.311 e.